The number of nitrogens with one attached hydrogen (secondary N) is 1. The molecule has 0 unspecified atom stereocenters. The van der Waals surface area contributed by atoms with Gasteiger partial charge in [0.05, 0.1) is 17.4 Å². The van der Waals surface area contributed by atoms with Gasteiger partial charge in [0, 0.05) is 26.7 Å². The number of carbonyl (C=O) groups is 1. The molecule has 0 atom stereocenters. The Balaban J connectivity index is 2.02. The second-order valence-electron chi connectivity index (χ2n) is 5.71. The van der Waals surface area contributed by atoms with Crippen molar-refractivity contribution in [2.24, 2.45) is 0 Å². The highest BCUT2D eigenvalue weighted by Crippen LogP contribution is 2.35. The lowest BCUT2D eigenvalue weighted by Gasteiger charge is -2.19. The SMILES string of the molecule is COCc1nc(OC)c2c(C)c(C(=O)N3CCCNCC3)sc2n1. The first-order chi connectivity index (χ1) is 11.7. The van der Waals surface area contributed by atoms with E-state index in [1.165, 1.54) is 11.3 Å². The van der Waals surface area contributed by atoms with Crippen molar-refractivity contribution in [1.29, 1.82) is 0 Å². The van der Waals surface area contributed by atoms with Crippen molar-refractivity contribution in [2.75, 3.05) is 40.4 Å². The van der Waals surface area contributed by atoms with Crippen LogP contribution in [0.5, 0.6) is 5.88 Å². The number of rotatable bonds is 4. The Labute approximate surface area is 145 Å². The van der Waals surface area contributed by atoms with Crippen LogP contribution in [0.15, 0.2) is 0 Å². The summed E-state index contributed by atoms with van der Waals surface area (Å²) in [5.74, 6) is 1.12. The summed E-state index contributed by atoms with van der Waals surface area (Å²) in [7, 11) is 3.18. The number of nitrogens with zero attached hydrogens (tertiary/aromatic N) is 3. The Kier molecular flexibility index (Phi) is 5.27. The van der Waals surface area contributed by atoms with E-state index in [9.17, 15) is 4.79 Å². The van der Waals surface area contributed by atoms with Gasteiger partial charge in [0.1, 0.15) is 11.4 Å². The average molecular weight is 350 g/mol. The van der Waals surface area contributed by atoms with Crippen LogP contribution in [0.25, 0.3) is 10.2 Å². The van der Waals surface area contributed by atoms with Gasteiger partial charge in [0.2, 0.25) is 5.88 Å². The maximum Gasteiger partial charge on any atom is 0.264 e. The van der Waals surface area contributed by atoms with E-state index in [2.05, 4.69) is 15.3 Å². The van der Waals surface area contributed by atoms with E-state index in [-0.39, 0.29) is 5.91 Å². The number of amides is 1. The Hall–Kier alpha value is -1.77. The van der Waals surface area contributed by atoms with Crippen molar-refractivity contribution >= 4 is 27.5 Å². The molecule has 0 aliphatic carbocycles. The maximum atomic E-state index is 12.9. The molecule has 130 valence electrons. The predicted molar refractivity (Wildman–Crippen MR) is 92.8 cm³/mol. The van der Waals surface area contributed by atoms with Crippen molar-refractivity contribution < 1.29 is 14.3 Å². The fraction of sp³-hybridized carbons (Fsp3) is 0.562. The minimum atomic E-state index is 0.0644. The summed E-state index contributed by atoms with van der Waals surface area (Å²) in [5.41, 5.74) is 0.887. The van der Waals surface area contributed by atoms with Crippen LogP contribution in [0.4, 0.5) is 0 Å². The van der Waals surface area contributed by atoms with Crippen LogP contribution in [-0.2, 0) is 11.3 Å². The van der Waals surface area contributed by atoms with Crippen molar-refractivity contribution in [3.8, 4) is 5.88 Å². The van der Waals surface area contributed by atoms with Crippen molar-refractivity contribution in [2.45, 2.75) is 20.0 Å². The second kappa shape index (κ2) is 7.42. The number of fused-ring (bicyclic) bond motifs is 1. The monoisotopic (exact) mass is 350 g/mol. The number of aromatic nitrogens is 2. The molecule has 0 radical (unpaired) electrons. The fourth-order valence-electron chi connectivity index (χ4n) is 2.88. The van der Waals surface area contributed by atoms with Crippen LogP contribution < -0.4 is 10.1 Å². The van der Waals surface area contributed by atoms with Gasteiger partial charge in [-0.1, -0.05) is 0 Å². The third kappa shape index (κ3) is 3.22. The van der Waals surface area contributed by atoms with Crippen LogP contribution in [0.3, 0.4) is 0 Å². The Morgan fingerprint density at radius 2 is 2.12 bits per heavy atom. The lowest BCUT2D eigenvalue weighted by Crippen LogP contribution is -2.34. The van der Waals surface area contributed by atoms with Crippen LogP contribution in [0.1, 0.15) is 27.5 Å². The van der Waals surface area contributed by atoms with E-state index < -0.39 is 0 Å². The molecule has 0 bridgehead atoms. The number of methoxy groups -OCH3 is 2. The van der Waals surface area contributed by atoms with Gasteiger partial charge in [0.15, 0.2) is 5.82 Å². The molecule has 1 N–H and O–H groups in total. The maximum absolute atomic E-state index is 12.9. The zero-order valence-corrected chi connectivity index (χ0v) is 15.0. The summed E-state index contributed by atoms with van der Waals surface area (Å²) in [4.78, 5) is 25.2. The van der Waals surface area contributed by atoms with Gasteiger partial charge >= 0.3 is 0 Å². The van der Waals surface area contributed by atoms with Gasteiger partial charge in [-0.3, -0.25) is 4.79 Å². The lowest BCUT2D eigenvalue weighted by atomic mass is 10.2. The first-order valence-corrected chi connectivity index (χ1v) is 8.80. The predicted octanol–water partition coefficient (Wildman–Crippen LogP) is 1.59. The molecule has 3 heterocycles. The summed E-state index contributed by atoms with van der Waals surface area (Å²) >= 11 is 1.40. The molecule has 8 heteroatoms. The number of hydrogen-bond donors (Lipinski definition) is 1. The lowest BCUT2D eigenvalue weighted by molar-refractivity contribution is 0.0770. The van der Waals surface area contributed by atoms with E-state index >= 15 is 0 Å². The highest BCUT2D eigenvalue weighted by Gasteiger charge is 2.25. The van der Waals surface area contributed by atoms with Gasteiger partial charge in [-0.25, -0.2) is 4.98 Å². The first-order valence-electron chi connectivity index (χ1n) is 7.98. The van der Waals surface area contributed by atoms with Crippen molar-refractivity contribution in [3.05, 3.63) is 16.3 Å². The first kappa shape index (κ1) is 17.1. The third-order valence-corrected chi connectivity index (χ3v) is 5.27. The van der Waals surface area contributed by atoms with Gasteiger partial charge in [-0.05, 0) is 25.5 Å². The van der Waals surface area contributed by atoms with Gasteiger partial charge in [0.25, 0.3) is 5.91 Å². The second-order valence-corrected chi connectivity index (χ2v) is 6.71. The molecule has 0 spiro atoms. The summed E-state index contributed by atoms with van der Waals surface area (Å²) in [6.45, 7) is 5.53. The van der Waals surface area contributed by atoms with Gasteiger partial charge in [-0.15, -0.1) is 11.3 Å². The topological polar surface area (TPSA) is 76.6 Å². The van der Waals surface area contributed by atoms with Crippen LogP contribution in [0.2, 0.25) is 0 Å². The summed E-state index contributed by atoms with van der Waals surface area (Å²) in [5, 5.41) is 4.14. The largest absolute Gasteiger partial charge is 0.480 e. The number of aryl methyl sites for hydroxylation is 1. The zero-order chi connectivity index (χ0) is 17.1. The smallest absolute Gasteiger partial charge is 0.264 e. The molecule has 1 aliphatic rings. The normalized spacial score (nSPS) is 15.5. The highest BCUT2D eigenvalue weighted by atomic mass is 32.1. The molecule has 7 nitrogen and oxygen atoms in total. The zero-order valence-electron chi connectivity index (χ0n) is 14.2. The molecule has 1 aliphatic heterocycles. The average Bonchev–Trinajstić information content (AvgIpc) is 2.78. The van der Waals surface area contributed by atoms with Crippen LogP contribution in [0, 0.1) is 6.92 Å². The Morgan fingerprint density at radius 1 is 1.29 bits per heavy atom. The highest BCUT2D eigenvalue weighted by molar-refractivity contribution is 7.20. The van der Waals surface area contributed by atoms with E-state index in [1.54, 1.807) is 14.2 Å². The molecule has 2 aromatic rings. The third-order valence-electron chi connectivity index (χ3n) is 4.09. The van der Waals surface area contributed by atoms with E-state index in [0.717, 1.165) is 48.4 Å². The molecule has 0 saturated carbocycles. The Bertz CT molecular complexity index is 738. The molecular weight excluding hydrogens is 328 g/mol. The van der Waals surface area contributed by atoms with Crippen molar-refractivity contribution in [1.82, 2.24) is 20.2 Å². The Morgan fingerprint density at radius 3 is 2.88 bits per heavy atom. The number of ether oxygens (including phenoxy) is 2. The summed E-state index contributed by atoms with van der Waals surface area (Å²) < 4.78 is 10.5. The molecule has 0 aromatic carbocycles. The fourth-order valence-corrected chi connectivity index (χ4v) is 4.04. The van der Waals surface area contributed by atoms with E-state index in [0.29, 0.717) is 23.2 Å². The summed E-state index contributed by atoms with van der Waals surface area (Å²) in [6.07, 6.45) is 0.969. The van der Waals surface area contributed by atoms with E-state index in [4.69, 9.17) is 9.47 Å². The standard InChI is InChI=1S/C16H22N4O3S/c1-10-12-14(23-3)18-11(9-22-2)19-15(12)24-13(10)16(21)20-7-4-5-17-6-8-20/h17H,4-9H2,1-3H3. The molecule has 24 heavy (non-hydrogen) atoms. The van der Waals surface area contributed by atoms with Crippen molar-refractivity contribution in [3.63, 3.8) is 0 Å². The minimum Gasteiger partial charge on any atom is -0.480 e. The van der Waals surface area contributed by atoms with Crippen LogP contribution in [-0.4, -0.2) is 61.2 Å². The number of carbonyl (C=O) groups excluding carboxylic acids is 1. The van der Waals surface area contributed by atoms with Gasteiger partial charge < -0.3 is 19.7 Å². The molecule has 1 saturated heterocycles. The van der Waals surface area contributed by atoms with Crippen LogP contribution >= 0.6 is 11.3 Å². The van der Waals surface area contributed by atoms with E-state index in [1.807, 2.05) is 11.8 Å². The molecule has 2 aromatic heterocycles. The molecular formula is C16H22N4O3S. The van der Waals surface area contributed by atoms with Gasteiger partial charge in [-0.2, -0.15) is 4.98 Å². The quantitative estimate of drug-likeness (QED) is 0.902. The molecule has 1 fully saturated rings. The number of hydrogen-bond acceptors (Lipinski definition) is 7. The summed E-state index contributed by atoms with van der Waals surface area (Å²) in [6, 6.07) is 0. The molecule has 3 rings (SSSR count). The molecule has 1 amide bonds. The number of thiophene rings is 1. The minimum absolute atomic E-state index is 0.0644.